The molecule has 1 rings (SSSR count). The Hall–Kier alpha value is -0.260. The zero-order valence-corrected chi connectivity index (χ0v) is 4.73. The van der Waals surface area contributed by atoms with E-state index in [1.165, 1.54) is 0 Å². The van der Waals surface area contributed by atoms with E-state index < -0.39 is 11.7 Å². The molecule has 0 bridgehead atoms. The molecule has 0 aromatic rings. The van der Waals surface area contributed by atoms with Crippen molar-refractivity contribution in [3.63, 3.8) is 0 Å². The van der Waals surface area contributed by atoms with E-state index in [4.69, 9.17) is 10.2 Å². The zero-order valence-electron chi connectivity index (χ0n) is 3.92. The summed E-state index contributed by atoms with van der Waals surface area (Å²) < 4.78 is 2.19. The lowest BCUT2D eigenvalue weighted by Gasteiger charge is -2.06. The zero-order chi connectivity index (χ0) is 6.20. The molecule has 0 aromatic heterocycles. The lowest BCUT2D eigenvalue weighted by Crippen LogP contribution is -2.39. The standard InChI is InChI=1S/C3H5NO3S/c5-2-3(6,7)1-8-4-2/h6-7H,1H2,(H,4,5). The van der Waals surface area contributed by atoms with Gasteiger partial charge in [-0.05, 0) is 11.9 Å². The Morgan fingerprint density at radius 3 is 2.50 bits per heavy atom. The molecule has 1 aliphatic heterocycles. The van der Waals surface area contributed by atoms with Gasteiger partial charge in [-0.2, -0.15) is 0 Å². The summed E-state index contributed by atoms with van der Waals surface area (Å²) in [4.78, 5) is 10.3. The first-order valence-corrected chi connectivity index (χ1v) is 2.98. The highest BCUT2D eigenvalue weighted by Crippen LogP contribution is 2.15. The third kappa shape index (κ3) is 0.795. The second kappa shape index (κ2) is 1.61. The maximum absolute atomic E-state index is 10.3. The van der Waals surface area contributed by atoms with Gasteiger partial charge in [-0.25, -0.2) is 0 Å². The van der Waals surface area contributed by atoms with Gasteiger partial charge in [0.05, 0.1) is 5.75 Å². The first kappa shape index (κ1) is 5.87. The van der Waals surface area contributed by atoms with E-state index in [1.807, 2.05) is 0 Å². The molecule has 0 aliphatic carbocycles. The number of carbonyl (C=O) groups excluding carboxylic acids is 1. The number of carbonyl (C=O) groups is 1. The summed E-state index contributed by atoms with van der Waals surface area (Å²) in [5, 5.41) is 17.2. The highest BCUT2D eigenvalue weighted by Gasteiger charge is 2.38. The predicted molar refractivity (Wildman–Crippen MR) is 27.8 cm³/mol. The molecule has 0 unspecified atom stereocenters. The minimum absolute atomic E-state index is 0.00579. The van der Waals surface area contributed by atoms with Gasteiger partial charge in [0.15, 0.2) is 0 Å². The molecule has 46 valence electrons. The highest BCUT2D eigenvalue weighted by atomic mass is 32.2. The van der Waals surface area contributed by atoms with Gasteiger partial charge in [0, 0.05) is 0 Å². The van der Waals surface area contributed by atoms with Crippen molar-refractivity contribution in [2.45, 2.75) is 5.79 Å². The quantitative estimate of drug-likeness (QED) is 0.278. The summed E-state index contributed by atoms with van der Waals surface area (Å²) in [6, 6.07) is 0. The number of hydrogen-bond acceptors (Lipinski definition) is 4. The highest BCUT2D eigenvalue weighted by molar-refractivity contribution is 7.98. The number of amides is 1. The van der Waals surface area contributed by atoms with Gasteiger partial charge >= 0.3 is 0 Å². The van der Waals surface area contributed by atoms with E-state index in [2.05, 4.69) is 4.72 Å². The van der Waals surface area contributed by atoms with Crippen LogP contribution in [0.5, 0.6) is 0 Å². The maximum Gasteiger partial charge on any atom is 0.290 e. The largest absolute Gasteiger partial charge is 0.358 e. The van der Waals surface area contributed by atoms with Gasteiger partial charge in [0.25, 0.3) is 11.7 Å². The van der Waals surface area contributed by atoms with Crippen molar-refractivity contribution in [1.29, 1.82) is 0 Å². The van der Waals surface area contributed by atoms with E-state index in [1.54, 1.807) is 0 Å². The Morgan fingerprint density at radius 1 is 1.75 bits per heavy atom. The lowest BCUT2D eigenvalue weighted by atomic mass is 10.3. The molecule has 5 heteroatoms. The molecule has 8 heavy (non-hydrogen) atoms. The molecule has 1 heterocycles. The Labute approximate surface area is 50.0 Å². The predicted octanol–water partition coefficient (Wildman–Crippen LogP) is -1.55. The van der Waals surface area contributed by atoms with Crippen LogP contribution in [0.25, 0.3) is 0 Å². The van der Waals surface area contributed by atoms with Crippen LogP contribution in [0, 0.1) is 0 Å². The molecular formula is C3H5NO3S. The number of rotatable bonds is 0. The monoisotopic (exact) mass is 135 g/mol. The van der Waals surface area contributed by atoms with Crippen molar-refractivity contribution in [3.8, 4) is 0 Å². The first-order chi connectivity index (χ1) is 3.63. The summed E-state index contributed by atoms with van der Waals surface area (Å²) in [5.41, 5.74) is 0. The summed E-state index contributed by atoms with van der Waals surface area (Å²) in [5.74, 6) is -2.86. The van der Waals surface area contributed by atoms with Crippen molar-refractivity contribution in [3.05, 3.63) is 0 Å². The molecule has 3 N–H and O–H groups in total. The van der Waals surface area contributed by atoms with Gasteiger partial charge in [-0.15, -0.1) is 0 Å². The van der Waals surface area contributed by atoms with Gasteiger partial charge in [-0.1, -0.05) is 0 Å². The Balaban J connectivity index is 2.68. The molecule has 1 amide bonds. The summed E-state index contributed by atoms with van der Waals surface area (Å²) in [6.45, 7) is 0. The molecule has 1 saturated heterocycles. The van der Waals surface area contributed by atoms with Gasteiger partial charge < -0.3 is 10.2 Å². The third-order valence-corrected chi connectivity index (χ3v) is 1.68. The third-order valence-electron chi connectivity index (χ3n) is 0.802. The van der Waals surface area contributed by atoms with Crippen LogP contribution in [0.3, 0.4) is 0 Å². The fraction of sp³-hybridized carbons (Fsp3) is 0.667. The Kier molecular flexibility index (Phi) is 1.18. The summed E-state index contributed by atoms with van der Waals surface area (Å²) in [6.07, 6.45) is 0. The Morgan fingerprint density at radius 2 is 2.38 bits per heavy atom. The molecule has 0 atom stereocenters. The van der Waals surface area contributed by atoms with Crippen LogP contribution in [-0.2, 0) is 4.79 Å². The van der Waals surface area contributed by atoms with E-state index in [-0.39, 0.29) is 5.75 Å². The van der Waals surface area contributed by atoms with Crippen LogP contribution < -0.4 is 4.72 Å². The average Bonchev–Trinajstić information content (AvgIpc) is 1.86. The number of hydrogen-bond donors (Lipinski definition) is 3. The molecule has 4 nitrogen and oxygen atoms in total. The SMILES string of the molecule is O=C1NSCC1(O)O. The van der Waals surface area contributed by atoms with E-state index in [0.717, 1.165) is 11.9 Å². The first-order valence-electron chi connectivity index (χ1n) is 2.00. The van der Waals surface area contributed by atoms with Gasteiger partial charge in [-0.3, -0.25) is 9.52 Å². The van der Waals surface area contributed by atoms with E-state index in [0.29, 0.717) is 0 Å². The summed E-state index contributed by atoms with van der Waals surface area (Å²) >= 11 is 0.990. The van der Waals surface area contributed by atoms with Crippen LogP contribution >= 0.6 is 11.9 Å². The van der Waals surface area contributed by atoms with Crippen LogP contribution in [0.4, 0.5) is 0 Å². The van der Waals surface area contributed by atoms with Crippen molar-refractivity contribution >= 4 is 17.9 Å². The van der Waals surface area contributed by atoms with E-state index in [9.17, 15) is 4.79 Å². The van der Waals surface area contributed by atoms with E-state index >= 15 is 0 Å². The van der Waals surface area contributed by atoms with Crippen LogP contribution in [0.2, 0.25) is 0 Å². The van der Waals surface area contributed by atoms with Crippen molar-refractivity contribution in [1.82, 2.24) is 4.72 Å². The smallest absolute Gasteiger partial charge is 0.290 e. The fourth-order valence-corrected chi connectivity index (χ4v) is 1.05. The molecule has 0 saturated carbocycles. The molecule has 1 fully saturated rings. The normalized spacial score (nSPS) is 25.5. The number of nitrogens with one attached hydrogen (secondary N) is 1. The summed E-state index contributed by atoms with van der Waals surface area (Å²) in [7, 11) is 0. The second-order valence-electron chi connectivity index (χ2n) is 1.54. The average molecular weight is 135 g/mol. The van der Waals surface area contributed by atoms with Crippen LogP contribution in [0.1, 0.15) is 0 Å². The number of aliphatic hydroxyl groups is 2. The van der Waals surface area contributed by atoms with Crippen LogP contribution in [0.15, 0.2) is 0 Å². The van der Waals surface area contributed by atoms with Crippen LogP contribution in [-0.4, -0.2) is 27.7 Å². The minimum atomic E-state index is -2.13. The second-order valence-corrected chi connectivity index (χ2v) is 2.32. The fourth-order valence-electron chi connectivity index (χ4n) is 0.350. The van der Waals surface area contributed by atoms with Crippen molar-refractivity contribution < 1.29 is 15.0 Å². The van der Waals surface area contributed by atoms with Gasteiger partial charge in [0.1, 0.15) is 0 Å². The molecule has 0 aromatic carbocycles. The molecule has 1 aliphatic rings. The van der Waals surface area contributed by atoms with Crippen molar-refractivity contribution in [2.75, 3.05) is 5.75 Å². The molecule has 0 spiro atoms. The topological polar surface area (TPSA) is 69.6 Å². The maximum atomic E-state index is 10.3. The minimum Gasteiger partial charge on any atom is -0.358 e. The molecule has 0 radical (unpaired) electrons. The lowest BCUT2D eigenvalue weighted by molar-refractivity contribution is -0.171. The van der Waals surface area contributed by atoms with Gasteiger partial charge in [0.2, 0.25) is 0 Å². The van der Waals surface area contributed by atoms with Crippen molar-refractivity contribution in [2.24, 2.45) is 0 Å². The molecular weight excluding hydrogens is 130 g/mol. The Bertz CT molecular complexity index is 124.